The van der Waals surface area contributed by atoms with Crippen molar-refractivity contribution in [2.24, 2.45) is 0 Å². The average molecular weight is 284 g/mol. The maximum Gasteiger partial charge on any atom is 0.125 e. The van der Waals surface area contributed by atoms with Gasteiger partial charge in [0.2, 0.25) is 0 Å². The van der Waals surface area contributed by atoms with Crippen LogP contribution in [-0.4, -0.2) is 23.1 Å². The maximum atomic E-state index is 4.24. The summed E-state index contributed by atoms with van der Waals surface area (Å²) in [5.41, 5.74) is 0. The molecule has 0 unspecified atom stereocenters. The van der Waals surface area contributed by atoms with Gasteiger partial charge in [-0.15, -0.1) is 0 Å². The Hall–Kier alpha value is -2.10. The second-order valence-corrected chi connectivity index (χ2v) is 5.05. The van der Waals surface area contributed by atoms with Gasteiger partial charge in [-0.2, -0.15) is 0 Å². The van der Waals surface area contributed by atoms with Crippen molar-refractivity contribution in [1.29, 1.82) is 0 Å². The highest BCUT2D eigenvalue weighted by atomic mass is 15.0. The number of unbranched alkanes of at least 4 members (excludes halogenated alkanes) is 4. The monoisotopic (exact) mass is 284 g/mol. The maximum absolute atomic E-state index is 4.24. The largest absolute Gasteiger partial charge is 0.370 e. The van der Waals surface area contributed by atoms with Crippen LogP contribution in [0.2, 0.25) is 0 Å². The van der Waals surface area contributed by atoms with Gasteiger partial charge in [0.25, 0.3) is 0 Å². The molecule has 2 aromatic heterocycles. The molecule has 2 rings (SSSR count). The van der Waals surface area contributed by atoms with E-state index in [2.05, 4.69) is 20.6 Å². The molecule has 4 nitrogen and oxygen atoms in total. The molecule has 21 heavy (non-hydrogen) atoms. The van der Waals surface area contributed by atoms with Crippen LogP contribution in [-0.2, 0) is 0 Å². The summed E-state index contributed by atoms with van der Waals surface area (Å²) < 4.78 is 0. The number of anilines is 2. The van der Waals surface area contributed by atoms with E-state index in [0.717, 1.165) is 24.7 Å². The molecule has 0 atom stereocenters. The molecule has 2 aromatic rings. The average Bonchev–Trinajstić information content (AvgIpc) is 2.55. The number of nitrogens with one attached hydrogen (secondary N) is 2. The van der Waals surface area contributed by atoms with E-state index in [-0.39, 0.29) is 0 Å². The molecule has 0 spiro atoms. The van der Waals surface area contributed by atoms with E-state index in [1.165, 1.54) is 32.1 Å². The third-order valence-corrected chi connectivity index (χ3v) is 3.30. The molecule has 0 aliphatic rings. The van der Waals surface area contributed by atoms with E-state index in [9.17, 15) is 0 Å². The lowest BCUT2D eigenvalue weighted by molar-refractivity contribution is 0.634. The second-order valence-electron chi connectivity index (χ2n) is 5.05. The number of nitrogens with zero attached hydrogens (tertiary/aromatic N) is 2. The SMILES string of the molecule is c1ccc(NCCCCCCCNc2ccccn2)nc1. The first-order chi connectivity index (χ1) is 10.4. The van der Waals surface area contributed by atoms with Gasteiger partial charge in [-0.05, 0) is 37.1 Å². The van der Waals surface area contributed by atoms with E-state index in [1.807, 2.05) is 48.8 Å². The van der Waals surface area contributed by atoms with Gasteiger partial charge in [-0.25, -0.2) is 9.97 Å². The third kappa shape index (κ3) is 6.75. The Balaban J connectivity index is 1.40. The zero-order chi connectivity index (χ0) is 14.6. The van der Waals surface area contributed by atoms with E-state index in [4.69, 9.17) is 0 Å². The number of aromatic nitrogens is 2. The van der Waals surface area contributed by atoms with E-state index >= 15 is 0 Å². The van der Waals surface area contributed by atoms with Crippen molar-refractivity contribution in [1.82, 2.24) is 9.97 Å². The first kappa shape index (κ1) is 15.3. The second kappa shape index (κ2) is 9.75. The van der Waals surface area contributed by atoms with Gasteiger partial charge in [0.05, 0.1) is 0 Å². The molecule has 0 aliphatic carbocycles. The lowest BCUT2D eigenvalue weighted by atomic mass is 10.1. The van der Waals surface area contributed by atoms with Crippen LogP contribution in [0.4, 0.5) is 11.6 Å². The summed E-state index contributed by atoms with van der Waals surface area (Å²) >= 11 is 0. The fourth-order valence-electron chi connectivity index (χ4n) is 2.15. The van der Waals surface area contributed by atoms with Gasteiger partial charge >= 0.3 is 0 Å². The van der Waals surface area contributed by atoms with Gasteiger partial charge in [-0.1, -0.05) is 31.4 Å². The summed E-state index contributed by atoms with van der Waals surface area (Å²) in [6.07, 6.45) is 9.85. The molecule has 112 valence electrons. The molecule has 0 saturated heterocycles. The summed E-state index contributed by atoms with van der Waals surface area (Å²) in [7, 11) is 0. The minimum absolute atomic E-state index is 0.970. The van der Waals surface area contributed by atoms with Gasteiger partial charge < -0.3 is 10.6 Å². The summed E-state index contributed by atoms with van der Waals surface area (Å²) in [5.74, 6) is 1.94. The fraction of sp³-hybridized carbons (Fsp3) is 0.412. The molecule has 0 amide bonds. The van der Waals surface area contributed by atoms with E-state index in [1.54, 1.807) is 0 Å². The smallest absolute Gasteiger partial charge is 0.125 e. The van der Waals surface area contributed by atoms with Crippen LogP contribution in [0.25, 0.3) is 0 Å². The first-order valence-corrected chi connectivity index (χ1v) is 7.75. The van der Waals surface area contributed by atoms with Gasteiger partial charge in [0.1, 0.15) is 11.6 Å². The zero-order valence-electron chi connectivity index (χ0n) is 12.5. The molecule has 0 bridgehead atoms. The third-order valence-electron chi connectivity index (χ3n) is 3.30. The van der Waals surface area contributed by atoms with Crippen molar-refractivity contribution >= 4 is 11.6 Å². The van der Waals surface area contributed by atoms with Crippen LogP contribution in [0.15, 0.2) is 48.8 Å². The minimum atomic E-state index is 0.970. The molecule has 2 heterocycles. The summed E-state index contributed by atoms with van der Waals surface area (Å²) in [5, 5.41) is 6.67. The molecular weight excluding hydrogens is 260 g/mol. The lowest BCUT2D eigenvalue weighted by Crippen LogP contribution is -2.04. The number of hydrogen-bond donors (Lipinski definition) is 2. The normalized spacial score (nSPS) is 10.3. The quantitative estimate of drug-likeness (QED) is 0.649. The predicted molar refractivity (Wildman–Crippen MR) is 88.5 cm³/mol. The lowest BCUT2D eigenvalue weighted by Gasteiger charge is -2.06. The Morgan fingerprint density at radius 1 is 0.619 bits per heavy atom. The van der Waals surface area contributed by atoms with Crippen LogP contribution < -0.4 is 10.6 Å². The molecule has 0 aromatic carbocycles. The number of pyridine rings is 2. The first-order valence-electron chi connectivity index (χ1n) is 7.75. The molecule has 0 aliphatic heterocycles. The predicted octanol–water partition coefficient (Wildman–Crippen LogP) is 3.95. The van der Waals surface area contributed by atoms with Gasteiger partial charge in [-0.3, -0.25) is 0 Å². The van der Waals surface area contributed by atoms with Crippen molar-refractivity contribution in [2.45, 2.75) is 32.1 Å². The Labute approximate surface area is 127 Å². The van der Waals surface area contributed by atoms with Crippen molar-refractivity contribution in [3.63, 3.8) is 0 Å². The van der Waals surface area contributed by atoms with Gasteiger partial charge in [0, 0.05) is 25.5 Å². The highest BCUT2D eigenvalue weighted by Crippen LogP contribution is 2.06. The van der Waals surface area contributed by atoms with Crippen LogP contribution in [0.1, 0.15) is 32.1 Å². The Morgan fingerprint density at radius 3 is 1.52 bits per heavy atom. The highest BCUT2D eigenvalue weighted by Gasteiger charge is 1.94. The molecule has 0 fully saturated rings. The Morgan fingerprint density at radius 2 is 1.10 bits per heavy atom. The topological polar surface area (TPSA) is 49.8 Å². The molecule has 2 N–H and O–H groups in total. The molecule has 0 saturated carbocycles. The minimum Gasteiger partial charge on any atom is -0.370 e. The van der Waals surface area contributed by atoms with Crippen molar-refractivity contribution in [2.75, 3.05) is 23.7 Å². The van der Waals surface area contributed by atoms with Crippen molar-refractivity contribution < 1.29 is 0 Å². The zero-order valence-corrected chi connectivity index (χ0v) is 12.5. The highest BCUT2D eigenvalue weighted by molar-refractivity contribution is 5.33. The van der Waals surface area contributed by atoms with Crippen LogP contribution in [0, 0.1) is 0 Å². The van der Waals surface area contributed by atoms with Crippen molar-refractivity contribution in [3.8, 4) is 0 Å². The Bertz CT molecular complexity index is 427. The standard InChI is InChI=1S/C17H24N4/c1(2-6-12-18-16-10-4-8-14-20-16)3-7-13-19-17-11-5-9-15-21-17/h4-5,8-11,14-15H,1-3,6-7,12-13H2,(H,18,20)(H,19,21). The van der Waals surface area contributed by atoms with E-state index in [0.29, 0.717) is 0 Å². The number of hydrogen-bond acceptors (Lipinski definition) is 4. The Kier molecular flexibility index (Phi) is 7.10. The summed E-state index contributed by atoms with van der Waals surface area (Å²) in [6.45, 7) is 2.01. The van der Waals surface area contributed by atoms with Crippen LogP contribution >= 0.6 is 0 Å². The molecule has 0 radical (unpaired) electrons. The molecule has 4 heteroatoms. The summed E-state index contributed by atoms with van der Waals surface area (Å²) in [4.78, 5) is 8.48. The molecular formula is C17H24N4. The fourth-order valence-corrected chi connectivity index (χ4v) is 2.15. The summed E-state index contributed by atoms with van der Waals surface area (Å²) in [6, 6.07) is 11.9. The van der Waals surface area contributed by atoms with E-state index < -0.39 is 0 Å². The van der Waals surface area contributed by atoms with Gasteiger partial charge in [0.15, 0.2) is 0 Å². The van der Waals surface area contributed by atoms with Crippen LogP contribution in [0.5, 0.6) is 0 Å². The van der Waals surface area contributed by atoms with Crippen LogP contribution in [0.3, 0.4) is 0 Å². The number of rotatable bonds is 10. The van der Waals surface area contributed by atoms with Crippen molar-refractivity contribution in [3.05, 3.63) is 48.8 Å².